The third kappa shape index (κ3) is 2.81. The molecule has 0 fully saturated rings. The number of nitrogens with two attached hydrogens (primary N) is 1. The summed E-state index contributed by atoms with van der Waals surface area (Å²) in [5, 5.41) is 2.87. The highest BCUT2D eigenvalue weighted by Gasteiger charge is 2.17. The van der Waals surface area contributed by atoms with Crippen LogP contribution in [-0.2, 0) is 6.42 Å². The Bertz CT molecular complexity index is 489. The van der Waals surface area contributed by atoms with Crippen molar-refractivity contribution >= 4 is 22.9 Å². The van der Waals surface area contributed by atoms with Gasteiger partial charge in [-0.1, -0.05) is 23.7 Å². The fraction of sp³-hybridized carbons (Fsp3) is 0.182. The lowest BCUT2D eigenvalue weighted by Crippen LogP contribution is -2.30. The normalized spacial score (nSPS) is 12.6. The summed E-state index contributed by atoms with van der Waals surface area (Å²) < 4.78 is 13.8. The Morgan fingerprint density at radius 2 is 2.35 bits per heavy atom. The minimum atomic E-state index is -0.436. The lowest BCUT2D eigenvalue weighted by Gasteiger charge is -2.16. The Morgan fingerprint density at radius 3 is 3.00 bits per heavy atom. The van der Waals surface area contributed by atoms with Crippen molar-refractivity contribution in [3.05, 3.63) is 51.2 Å². The smallest absolute Gasteiger partial charge is 0.146 e. The van der Waals surface area contributed by atoms with E-state index in [2.05, 4.69) is 10.4 Å². The molecule has 1 unspecified atom stereocenters. The van der Waals surface area contributed by atoms with Crippen molar-refractivity contribution in [1.29, 1.82) is 0 Å². The van der Waals surface area contributed by atoms with Gasteiger partial charge in [-0.2, -0.15) is 0 Å². The maximum absolute atomic E-state index is 13.8. The molecule has 0 bridgehead atoms. The molecule has 1 aromatic heterocycles. The largest absolute Gasteiger partial charge is 0.271 e. The predicted octanol–water partition coefficient (Wildman–Crippen LogP) is 2.68. The van der Waals surface area contributed by atoms with Gasteiger partial charge < -0.3 is 0 Å². The number of nitrogens with zero attached hydrogens (tertiary/aromatic N) is 1. The van der Waals surface area contributed by atoms with Gasteiger partial charge in [-0.25, -0.2) is 9.37 Å². The molecule has 0 spiro atoms. The zero-order valence-electron chi connectivity index (χ0n) is 8.86. The number of thiazole rings is 1. The maximum Gasteiger partial charge on any atom is 0.146 e. The third-order valence-corrected chi connectivity index (χ3v) is 3.51. The SMILES string of the molecule is NNC(Cc1nccs1)c1cccc(Cl)c1F. The van der Waals surface area contributed by atoms with Crippen LogP contribution in [0.2, 0.25) is 5.02 Å². The molecule has 0 saturated heterocycles. The number of halogens is 2. The van der Waals surface area contributed by atoms with Gasteiger partial charge in [0, 0.05) is 23.6 Å². The predicted molar refractivity (Wildman–Crippen MR) is 67.3 cm³/mol. The Labute approximate surface area is 107 Å². The number of hydrogen-bond acceptors (Lipinski definition) is 4. The van der Waals surface area contributed by atoms with Gasteiger partial charge in [0.05, 0.1) is 16.1 Å². The summed E-state index contributed by atoms with van der Waals surface area (Å²) in [5.41, 5.74) is 3.05. The van der Waals surface area contributed by atoms with Crippen molar-refractivity contribution in [2.75, 3.05) is 0 Å². The zero-order valence-corrected chi connectivity index (χ0v) is 10.4. The van der Waals surface area contributed by atoms with Gasteiger partial charge in [-0.3, -0.25) is 11.3 Å². The molecule has 6 heteroatoms. The van der Waals surface area contributed by atoms with E-state index in [1.54, 1.807) is 18.3 Å². The van der Waals surface area contributed by atoms with Crippen LogP contribution in [0.15, 0.2) is 29.8 Å². The van der Waals surface area contributed by atoms with Crippen LogP contribution in [0.25, 0.3) is 0 Å². The van der Waals surface area contributed by atoms with Gasteiger partial charge in [-0.15, -0.1) is 11.3 Å². The summed E-state index contributed by atoms with van der Waals surface area (Å²) in [4.78, 5) is 4.15. The summed E-state index contributed by atoms with van der Waals surface area (Å²) in [7, 11) is 0. The molecule has 3 nitrogen and oxygen atoms in total. The van der Waals surface area contributed by atoms with E-state index in [1.807, 2.05) is 5.38 Å². The van der Waals surface area contributed by atoms with Crippen molar-refractivity contribution in [2.24, 2.45) is 5.84 Å². The Hall–Kier alpha value is -1.01. The average Bonchev–Trinajstić information content (AvgIpc) is 2.83. The summed E-state index contributed by atoms with van der Waals surface area (Å²) >= 11 is 7.25. The van der Waals surface area contributed by atoms with Gasteiger partial charge >= 0.3 is 0 Å². The minimum Gasteiger partial charge on any atom is -0.271 e. The summed E-state index contributed by atoms with van der Waals surface area (Å²) in [5.74, 6) is 5.02. The molecular weight excluding hydrogens is 261 g/mol. The highest BCUT2D eigenvalue weighted by atomic mass is 35.5. The molecule has 0 aliphatic rings. The zero-order chi connectivity index (χ0) is 12.3. The van der Waals surface area contributed by atoms with Crippen LogP contribution in [0.5, 0.6) is 0 Å². The summed E-state index contributed by atoms with van der Waals surface area (Å²) in [6.07, 6.45) is 2.24. The average molecular weight is 272 g/mol. The molecule has 0 aliphatic carbocycles. The molecular formula is C11H11ClFN3S. The topological polar surface area (TPSA) is 50.9 Å². The molecule has 0 aliphatic heterocycles. The van der Waals surface area contributed by atoms with E-state index in [1.165, 1.54) is 17.4 Å². The molecule has 2 rings (SSSR count). The van der Waals surface area contributed by atoms with E-state index >= 15 is 0 Å². The molecule has 0 amide bonds. The second-order valence-corrected chi connectivity index (χ2v) is 4.88. The van der Waals surface area contributed by atoms with Crippen LogP contribution >= 0.6 is 22.9 Å². The van der Waals surface area contributed by atoms with Crippen molar-refractivity contribution in [1.82, 2.24) is 10.4 Å². The Balaban J connectivity index is 2.26. The number of hydrogen-bond donors (Lipinski definition) is 2. The molecule has 1 atom stereocenters. The van der Waals surface area contributed by atoms with Crippen LogP contribution in [0.3, 0.4) is 0 Å². The Kier molecular flexibility index (Phi) is 4.06. The van der Waals surface area contributed by atoms with Gasteiger partial charge in [0.2, 0.25) is 0 Å². The molecule has 0 saturated carbocycles. The van der Waals surface area contributed by atoms with Crippen LogP contribution in [0.1, 0.15) is 16.6 Å². The molecule has 17 heavy (non-hydrogen) atoms. The number of aromatic nitrogens is 1. The molecule has 3 N–H and O–H groups in total. The molecule has 2 aromatic rings. The number of rotatable bonds is 4. The first kappa shape index (κ1) is 12.4. The highest BCUT2D eigenvalue weighted by molar-refractivity contribution is 7.09. The molecule has 1 heterocycles. The first-order valence-corrected chi connectivity index (χ1v) is 6.26. The third-order valence-electron chi connectivity index (χ3n) is 2.42. The van der Waals surface area contributed by atoms with Crippen LogP contribution < -0.4 is 11.3 Å². The van der Waals surface area contributed by atoms with Crippen molar-refractivity contribution < 1.29 is 4.39 Å². The fourth-order valence-electron chi connectivity index (χ4n) is 1.58. The summed E-state index contributed by atoms with van der Waals surface area (Å²) in [6.45, 7) is 0. The van der Waals surface area contributed by atoms with E-state index in [0.29, 0.717) is 12.0 Å². The van der Waals surface area contributed by atoms with Gasteiger partial charge in [0.25, 0.3) is 0 Å². The van der Waals surface area contributed by atoms with Crippen molar-refractivity contribution in [3.8, 4) is 0 Å². The number of benzene rings is 1. The molecule has 90 valence electrons. The van der Waals surface area contributed by atoms with Crippen LogP contribution in [0, 0.1) is 5.82 Å². The van der Waals surface area contributed by atoms with Gasteiger partial charge in [0.15, 0.2) is 0 Å². The van der Waals surface area contributed by atoms with Gasteiger partial charge in [0.1, 0.15) is 5.82 Å². The first-order chi connectivity index (χ1) is 8.22. The quantitative estimate of drug-likeness (QED) is 0.664. The van der Waals surface area contributed by atoms with Crippen LogP contribution in [0.4, 0.5) is 4.39 Å². The number of nitrogens with one attached hydrogen (secondary N) is 1. The van der Waals surface area contributed by atoms with E-state index in [-0.39, 0.29) is 11.1 Å². The van der Waals surface area contributed by atoms with E-state index in [4.69, 9.17) is 17.4 Å². The van der Waals surface area contributed by atoms with E-state index in [0.717, 1.165) is 5.01 Å². The Morgan fingerprint density at radius 1 is 1.53 bits per heavy atom. The minimum absolute atomic E-state index is 0.0990. The highest BCUT2D eigenvalue weighted by Crippen LogP contribution is 2.25. The second-order valence-electron chi connectivity index (χ2n) is 3.49. The van der Waals surface area contributed by atoms with Gasteiger partial charge in [-0.05, 0) is 6.07 Å². The molecule has 0 radical (unpaired) electrons. The maximum atomic E-state index is 13.8. The van der Waals surface area contributed by atoms with E-state index in [9.17, 15) is 4.39 Å². The second kappa shape index (κ2) is 5.55. The lowest BCUT2D eigenvalue weighted by atomic mass is 10.0. The van der Waals surface area contributed by atoms with E-state index < -0.39 is 5.82 Å². The van der Waals surface area contributed by atoms with Crippen LogP contribution in [-0.4, -0.2) is 4.98 Å². The summed E-state index contributed by atoms with van der Waals surface area (Å²) in [6, 6.07) is 4.55. The van der Waals surface area contributed by atoms with Crippen molar-refractivity contribution in [3.63, 3.8) is 0 Å². The lowest BCUT2D eigenvalue weighted by molar-refractivity contribution is 0.510. The molecule has 1 aromatic carbocycles. The first-order valence-electron chi connectivity index (χ1n) is 5.00. The fourth-order valence-corrected chi connectivity index (χ4v) is 2.42. The monoisotopic (exact) mass is 271 g/mol. The van der Waals surface area contributed by atoms with Crippen molar-refractivity contribution in [2.45, 2.75) is 12.5 Å². The number of hydrazine groups is 1. The standard InChI is InChI=1S/C11H11ClFN3S/c12-8-3-1-2-7(11(8)13)9(16-14)6-10-15-4-5-17-10/h1-5,9,16H,6,14H2.